The number of allylic oxidation sites excluding steroid dienone is 2. The number of benzene rings is 2. The van der Waals surface area contributed by atoms with E-state index < -0.39 is 0 Å². The second-order valence-electron chi connectivity index (χ2n) is 5.36. The van der Waals surface area contributed by atoms with Crippen LogP contribution in [0.25, 0.3) is 12.2 Å². The SMILES string of the molecule is C/C=C\c1cc(/C=C\C)cc(CCc2ccc(OC)cc2)c1. The molecule has 0 amide bonds. The van der Waals surface area contributed by atoms with E-state index in [2.05, 4.69) is 68.5 Å². The Morgan fingerprint density at radius 2 is 1.32 bits per heavy atom. The van der Waals surface area contributed by atoms with Gasteiger partial charge in [0.1, 0.15) is 5.75 Å². The molecule has 0 aliphatic rings. The Labute approximate surface area is 134 Å². The molecule has 0 heterocycles. The molecule has 0 unspecified atom stereocenters. The van der Waals surface area contributed by atoms with Crippen molar-refractivity contribution in [2.75, 3.05) is 7.11 Å². The van der Waals surface area contributed by atoms with Crippen LogP contribution < -0.4 is 4.74 Å². The first-order valence-electron chi connectivity index (χ1n) is 7.77. The van der Waals surface area contributed by atoms with Gasteiger partial charge in [-0.2, -0.15) is 0 Å². The summed E-state index contributed by atoms with van der Waals surface area (Å²) in [5, 5.41) is 0. The van der Waals surface area contributed by atoms with Crippen LogP contribution in [0.4, 0.5) is 0 Å². The normalized spacial score (nSPS) is 11.4. The molecule has 1 nitrogen and oxygen atoms in total. The van der Waals surface area contributed by atoms with Crippen LogP contribution in [0.1, 0.15) is 36.1 Å². The monoisotopic (exact) mass is 292 g/mol. The molecule has 2 aromatic rings. The van der Waals surface area contributed by atoms with Crippen molar-refractivity contribution in [2.24, 2.45) is 0 Å². The van der Waals surface area contributed by atoms with Crippen molar-refractivity contribution in [2.45, 2.75) is 26.7 Å². The molecule has 1 heteroatoms. The van der Waals surface area contributed by atoms with Crippen LogP contribution in [0.2, 0.25) is 0 Å². The summed E-state index contributed by atoms with van der Waals surface area (Å²) in [6.07, 6.45) is 10.6. The maximum atomic E-state index is 5.20. The van der Waals surface area contributed by atoms with Gasteiger partial charge in [0.05, 0.1) is 7.11 Å². The Bertz CT molecular complexity index is 618. The molecule has 0 aromatic heterocycles. The standard InChI is InChI=1S/C21H24O/c1-4-6-18-14-19(7-5-2)16-20(15-18)9-8-17-10-12-21(22-3)13-11-17/h4-7,10-16H,8-9H2,1-3H3/b6-4-,7-5-. The summed E-state index contributed by atoms with van der Waals surface area (Å²) in [5.74, 6) is 0.911. The molecular weight excluding hydrogens is 268 g/mol. The summed E-state index contributed by atoms with van der Waals surface area (Å²) in [6, 6.07) is 15.1. The lowest BCUT2D eigenvalue weighted by Crippen LogP contribution is -1.93. The van der Waals surface area contributed by atoms with Gasteiger partial charge in [-0.3, -0.25) is 0 Å². The van der Waals surface area contributed by atoms with E-state index in [9.17, 15) is 0 Å². The van der Waals surface area contributed by atoms with Gasteiger partial charge in [-0.15, -0.1) is 0 Å². The Morgan fingerprint density at radius 3 is 1.82 bits per heavy atom. The molecule has 114 valence electrons. The first-order chi connectivity index (χ1) is 10.7. The average molecular weight is 292 g/mol. The van der Waals surface area contributed by atoms with Crippen molar-refractivity contribution in [3.8, 4) is 5.75 Å². The van der Waals surface area contributed by atoms with E-state index >= 15 is 0 Å². The number of methoxy groups -OCH3 is 1. The van der Waals surface area contributed by atoms with Gasteiger partial charge >= 0.3 is 0 Å². The van der Waals surface area contributed by atoms with Gasteiger partial charge in [0.2, 0.25) is 0 Å². The smallest absolute Gasteiger partial charge is 0.118 e. The third-order valence-electron chi connectivity index (χ3n) is 3.62. The highest BCUT2D eigenvalue weighted by Crippen LogP contribution is 2.17. The highest BCUT2D eigenvalue weighted by atomic mass is 16.5. The number of aryl methyl sites for hydroxylation is 2. The molecule has 2 rings (SSSR count). The molecule has 0 saturated heterocycles. The van der Waals surface area contributed by atoms with Gasteiger partial charge in [-0.1, -0.05) is 48.6 Å². The van der Waals surface area contributed by atoms with E-state index in [4.69, 9.17) is 4.74 Å². The van der Waals surface area contributed by atoms with Gasteiger partial charge in [-0.25, -0.2) is 0 Å². The topological polar surface area (TPSA) is 9.23 Å². The van der Waals surface area contributed by atoms with Gasteiger partial charge in [0.25, 0.3) is 0 Å². The zero-order chi connectivity index (χ0) is 15.8. The minimum atomic E-state index is 0.911. The van der Waals surface area contributed by atoms with Crippen LogP contribution in [0.3, 0.4) is 0 Å². The number of hydrogen-bond acceptors (Lipinski definition) is 1. The van der Waals surface area contributed by atoms with Gasteiger partial charge in [0, 0.05) is 0 Å². The molecule has 22 heavy (non-hydrogen) atoms. The van der Waals surface area contributed by atoms with E-state index in [0.29, 0.717) is 0 Å². The fourth-order valence-corrected chi connectivity index (χ4v) is 2.55. The number of rotatable bonds is 6. The van der Waals surface area contributed by atoms with Crippen LogP contribution >= 0.6 is 0 Å². The van der Waals surface area contributed by atoms with Crippen LogP contribution in [-0.2, 0) is 12.8 Å². The minimum Gasteiger partial charge on any atom is -0.497 e. The molecule has 0 aliphatic carbocycles. The van der Waals surface area contributed by atoms with Gasteiger partial charge in [-0.05, 0) is 67.1 Å². The molecule has 0 aliphatic heterocycles. The van der Waals surface area contributed by atoms with E-state index in [1.54, 1.807) is 7.11 Å². The zero-order valence-corrected chi connectivity index (χ0v) is 13.7. The third-order valence-corrected chi connectivity index (χ3v) is 3.62. The maximum Gasteiger partial charge on any atom is 0.118 e. The lowest BCUT2D eigenvalue weighted by molar-refractivity contribution is 0.414. The summed E-state index contributed by atoms with van der Waals surface area (Å²) in [5.41, 5.74) is 5.25. The highest BCUT2D eigenvalue weighted by molar-refractivity contribution is 5.59. The second-order valence-corrected chi connectivity index (χ2v) is 5.36. The van der Waals surface area contributed by atoms with Crippen molar-refractivity contribution in [1.29, 1.82) is 0 Å². The molecule has 0 spiro atoms. The lowest BCUT2D eigenvalue weighted by atomic mass is 9.99. The summed E-state index contributed by atoms with van der Waals surface area (Å²) in [7, 11) is 1.70. The van der Waals surface area contributed by atoms with E-state index in [1.807, 2.05) is 12.1 Å². The second kappa shape index (κ2) is 8.23. The van der Waals surface area contributed by atoms with Crippen molar-refractivity contribution >= 4 is 12.2 Å². The van der Waals surface area contributed by atoms with Crippen molar-refractivity contribution in [1.82, 2.24) is 0 Å². The Hall–Kier alpha value is -2.28. The fraction of sp³-hybridized carbons (Fsp3) is 0.238. The summed E-state index contributed by atoms with van der Waals surface area (Å²) in [6.45, 7) is 4.11. The first kappa shape index (κ1) is 16.1. The molecule has 0 atom stereocenters. The lowest BCUT2D eigenvalue weighted by Gasteiger charge is -2.07. The van der Waals surface area contributed by atoms with Gasteiger partial charge in [0.15, 0.2) is 0 Å². The third kappa shape index (κ3) is 4.63. The molecule has 0 N–H and O–H groups in total. The predicted molar refractivity (Wildman–Crippen MR) is 96.3 cm³/mol. The van der Waals surface area contributed by atoms with E-state index in [-0.39, 0.29) is 0 Å². The van der Waals surface area contributed by atoms with Crippen LogP contribution in [-0.4, -0.2) is 7.11 Å². The maximum absolute atomic E-state index is 5.20. The molecule has 0 bridgehead atoms. The Balaban J connectivity index is 2.13. The predicted octanol–water partition coefficient (Wildman–Crippen LogP) is 5.55. The van der Waals surface area contributed by atoms with Crippen LogP contribution in [0.15, 0.2) is 54.6 Å². The van der Waals surface area contributed by atoms with Gasteiger partial charge < -0.3 is 4.74 Å². The van der Waals surface area contributed by atoms with Crippen LogP contribution in [0, 0.1) is 0 Å². The first-order valence-corrected chi connectivity index (χ1v) is 7.77. The largest absolute Gasteiger partial charge is 0.497 e. The van der Waals surface area contributed by atoms with E-state index in [1.165, 1.54) is 22.3 Å². The fourth-order valence-electron chi connectivity index (χ4n) is 2.55. The van der Waals surface area contributed by atoms with Crippen LogP contribution in [0.5, 0.6) is 5.75 Å². The Morgan fingerprint density at radius 1 is 0.773 bits per heavy atom. The minimum absolute atomic E-state index is 0.911. The summed E-state index contributed by atoms with van der Waals surface area (Å²) in [4.78, 5) is 0. The average Bonchev–Trinajstić information content (AvgIpc) is 2.54. The molecule has 2 aromatic carbocycles. The summed E-state index contributed by atoms with van der Waals surface area (Å²) < 4.78 is 5.20. The highest BCUT2D eigenvalue weighted by Gasteiger charge is 2.00. The zero-order valence-electron chi connectivity index (χ0n) is 13.7. The molecule has 0 fully saturated rings. The van der Waals surface area contributed by atoms with Crippen molar-refractivity contribution in [3.63, 3.8) is 0 Å². The van der Waals surface area contributed by atoms with Crippen molar-refractivity contribution in [3.05, 3.63) is 76.9 Å². The molecule has 0 saturated carbocycles. The molecular formula is C21H24O. The van der Waals surface area contributed by atoms with Crippen molar-refractivity contribution < 1.29 is 4.74 Å². The quantitative estimate of drug-likeness (QED) is 0.678. The number of hydrogen-bond donors (Lipinski definition) is 0. The number of ether oxygens (including phenoxy) is 1. The van der Waals surface area contributed by atoms with E-state index in [0.717, 1.165) is 18.6 Å². The molecule has 0 radical (unpaired) electrons. The Kier molecular flexibility index (Phi) is 6.02. The summed E-state index contributed by atoms with van der Waals surface area (Å²) >= 11 is 0.